The third-order valence-electron chi connectivity index (χ3n) is 2.11. The maximum atomic E-state index is 9.19. The van der Waals surface area contributed by atoms with Crippen molar-refractivity contribution in [2.45, 2.75) is 38.8 Å². The highest BCUT2D eigenvalue weighted by Gasteiger charge is 2.23. The summed E-state index contributed by atoms with van der Waals surface area (Å²) in [7, 11) is 0. The number of nitrogens with zero attached hydrogens (tertiary/aromatic N) is 1. The Morgan fingerprint density at radius 3 is 2.73 bits per heavy atom. The van der Waals surface area contributed by atoms with Gasteiger partial charge in [-0.3, -0.25) is 0 Å². The Hall–Kier alpha value is -1.33. The average molecular weight is 206 g/mol. The number of benzene rings is 1. The normalized spacial score (nSPS) is 18.0. The van der Waals surface area contributed by atoms with E-state index in [0.29, 0.717) is 6.42 Å². The van der Waals surface area contributed by atoms with Crippen molar-refractivity contribution in [2.24, 2.45) is 0 Å². The SMILES string of the molecule is [2H]C([2H])([2H])C(C#N)(CCC)OCc1ccccc1. The first kappa shape index (κ1) is 7.90. The van der Waals surface area contributed by atoms with Crippen molar-refractivity contribution < 1.29 is 8.85 Å². The fourth-order valence-corrected chi connectivity index (χ4v) is 1.29. The summed E-state index contributed by atoms with van der Waals surface area (Å²) in [6, 6.07) is 11.1. The molecule has 0 N–H and O–H groups in total. The van der Waals surface area contributed by atoms with Crippen LogP contribution < -0.4 is 0 Å². The van der Waals surface area contributed by atoms with Crippen LogP contribution in [0.5, 0.6) is 0 Å². The monoisotopic (exact) mass is 206 g/mol. The summed E-state index contributed by atoms with van der Waals surface area (Å²) in [6.07, 6.45) is 0.785. The summed E-state index contributed by atoms with van der Waals surface area (Å²) in [5.74, 6) is 0. The topological polar surface area (TPSA) is 33.0 Å². The molecule has 2 heteroatoms. The molecule has 0 amide bonds. The zero-order chi connectivity index (χ0) is 13.6. The van der Waals surface area contributed by atoms with Crippen LogP contribution in [0.3, 0.4) is 0 Å². The lowest BCUT2D eigenvalue weighted by Gasteiger charge is -2.21. The minimum absolute atomic E-state index is 0.132. The quantitative estimate of drug-likeness (QED) is 0.740. The molecule has 2 nitrogen and oxygen atoms in total. The Morgan fingerprint density at radius 1 is 1.47 bits per heavy atom. The zero-order valence-corrected chi connectivity index (χ0v) is 8.86. The molecule has 0 aliphatic carbocycles. The van der Waals surface area contributed by atoms with E-state index in [4.69, 9.17) is 8.85 Å². The largest absolute Gasteiger partial charge is 0.356 e. The predicted octanol–water partition coefficient (Wildman–Crippen LogP) is 3.29. The average Bonchev–Trinajstić information content (AvgIpc) is 2.34. The highest BCUT2D eigenvalue weighted by Crippen LogP contribution is 2.18. The van der Waals surface area contributed by atoms with E-state index in [1.54, 1.807) is 0 Å². The minimum Gasteiger partial charge on any atom is -0.356 e. The van der Waals surface area contributed by atoms with Crippen molar-refractivity contribution in [3.05, 3.63) is 35.9 Å². The van der Waals surface area contributed by atoms with Gasteiger partial charge >= 0.3 is 0 Å². The van der Waals surface area contributed by atoms with E-state index in [0.717, 1.165) is 5.56 Å². The summed E-state index contributed by atoms with van der Waals surface area (Å²) >= 11 is 0. The van der Waals surface area contributed by atoms with Gasteiger partial charge in [0.1, 0.15) is 0 Å². The molecule has 0 saturated heterocycles. The molecule has 80 valence electrons. The third kappa shape index (κ3) is 3.73. The number of ether oxygens (including phenoxy) is 1. The van der Waals surface area contributed by atoms with Crippen LogP contribution in [0.4, 0.5) is 0 Å². The van der Waals surface area contributed by atoms with Crippen LogP contribution in [-0.2, 0) is 11.3 Å². The Morgan fingerprint density at radius 2 is 2.20 bits per heavy atom. The molecule has 0 saturated carbocycles. The summed E-state index contributed by atoms with van der Waals surface area (Å²) in [5.41, 5.74) is -0.852. The molecule has 0 aliphatic heterocycles. The first-order valence-electron chi connectivity index (χ1n) is 6.54. The Balaban J connectivity index is 2.84. The van der Waals surface area contributed by atoms with Gasteiger partial charge in [-0.2, -0.15) is 5.26 Å². The van der Waals surface area contributed by atoms with Gasteiger partial charge in [-0.05, 0) is 18.8 Å². The van der Waals surface area contributed by atoms with Gasteiger partial charge in [-0.1, -0.05) is 43.7 Å². The van der Waals surface area contributed by atoms with Crippen LogP contribution in [0.2, 0.25) is 0 Å². The Bertz CT molecular complexity index is 410. The van der Waals surface area contributed by atoms with Crippen LogP contribution in [0.1, 0.15) is 36.3 Å². The molecule has 0 spiro atoms. The van der Waals surface area contributed by atoms with Crippen LogP contribution in [-0.4, -0.2) is 5.60 Å². The first-order valence-corrected chi connectivity index (χ1v) is 5.04. The van der Waals surface area contributed by atoms with Crippen molar-refractivity contribution in [2.75, 3.05) is 0 Å². The number of rotatable bonds is 5. The van der Waals surface area contributed by atoms with Crippen molar-refractivity contribution in [1.82, 2.24) is 0 Å². The lowest BCUT2D eigenvalue weighted by Crippen LogP contribution is -2.26. The van der Waals surface area contributed by atoms with Gasteiger partial charge < -0.3 is 4.74 Å². The lowest BCUT2D eigenvalue weighted by molar-refractivity contribution is -0.00709. The summed E-state index contributed by atoms with van der Waals surface area (Å²) in [5, 5.41) is 9.19. The molecule has 0 aromatic heterocycles. The van der Waals surface area contributed by atoms with Crippen LogP contribution >= 0.6 is 0 Å². The van der Waals surface area contributed by atoms with Gasteiger partial charge in [0.15, 0.2) is 5.60 Å². The van der Waals surface area contributed by atoms with E-state index in [-0.39, 0.29) is 13.0 Å². The Kier molecular flexibility index (Phi) is 2.91. The molecule has 0 radical (unpaired) electrons. The first-order chi connectivity index (χ1) is 8.45. The van der Waals surface area contributed by atoms with Crippen molar-refractivity contribution in [1.29, 1.82) is 5.26 Å². The highest BCUT2D eigenvalue weighted by atomic mass is 16.5. The Labute approximate surface area is 95.7 Å². The molecule has 1 aromatic carbocycles. The van der Waals surface area contributed by atoms with Gasteiger partial charge in [-0.25, -0.2) is 0 Å². The molecule has 0 fully saturated rings. The van der Waals surface area contributed by atoms with Crippen LogP contribution in [0.15, 0.2) is 30.3 Å². The summed E-state index contributed by atoms with van der Waals surface area (Å²) < 4.78 is 27.9. The van der Waals surface area contributed by atoms with Crippen molar-refractivity contribution in [3.8, 4) is 6.07 Å². The molecule has 0 heterocycles. The maximum absolute atomic E-state index is 9.19. The smallest absolute Gasteiger partial charge is 0.151 e. The second-order valence-electron chi connectivity index (χ2n) is 3.46. The second kappa shape index (κ2) is 5.53. The molecular formula is C13H17NO. The van der Waals surface area contributed by atoms with Gasteiger partial charge in [-0.15, -0.1) is 0 Å². The molecule has 1 atom stereocenters. The van der Waals surface area contributed by atoms with E-state index in [1.807, 2.05) is 43.3 Å². The molecule has 0 aliphatic rings. The van der Waals surface area contributed by atoms with Gasteiger partial charge in [0.2, 0.25) is 0 Å². The van der Waals surface area contributed by atoms with Crippen molar-refractivity contribution in [3.63, 3.8) is 0 Å². The fraction of sp³-hybridized carbons (Fsp3) is 0.462. The standard InChI is InChI=1S/C13H17NO/c1-3-9-13(2,11-14)15-10-12-7-5-4-6-8-12/h4-8H,3,9-10H2,1-2H3/i2D3. The number of hydrogen-bond donors (Lipinski definition) is 0. The van der Waals surface area contributed by atoms with Gasteiger partial charge in [0.25, 0.3) is 0 Å². The zero-order valence-electron chi connectivity index (χ0n) is 11.9. The van der Waals surface area contributed by atoms with E-state index in [9.17, 15) is 5.26 Å². The molecule has 0 bridgehead atoms. The maximum Gasteiger partial charge on any atom is 0.151 e. The van der Waals surface area contributed by atoms with Gasteiger partial charge in [0, 0.05) is 4.11 Å². The highest BCUT2D eigenvalue weighted by molar-refractivity contribution is 5.14. The molecular weight excluding hydrogens is 186 g/mol. The van der Waals surface area contributed by atoms with Crippen LogP contribution in [0, 0.1) is 11.3 Å². The number of hydrogen-bond acceptors (Lipinski definition) is 2. The molecule has 15 heavy (non-hydrogen) atoms. The van der Waals surface area contributed by atoms with E-state index in [2.05, 4.69) is 0 Å². The summed E-state index contributed by atoms with van der Waals surface area (Å²) in [6.45, 7) is -0.469. The van der Waals surface area contributed by atoms with Crippen LogP contribution in [0.25, 0.3) is 0 Å². The van der Waals surface area contributed by atoms with Gasteiger partial charge in [0.05, 0.1) is 12.7 Å². The lowest BCUT2D eigenvalue weighted by atomic mass is 10.0. The summed E-state index contributed by atoms with van der Waals surface area (Å²) in [4.78, 5) is 0. The molecule has 1 rings (SSSR count). The fourth-order valence-electron chi connectivity index (χ4n) is 1.29. The molecule has 1 unspecified atom stereocenters. The van der Waals surface area contributed by atoms with E-state index >= 15 is 0 Å². The predicted molar refractivity (Wildman–Crippen MR) is 60.2 cm³/mol. The van der Waals surface area contributed by atoms with E-state index in [1.165, 1.54) is 0 Å². The third-order valence-corrected chi connectivity index (χ3v) is 2.11. The van der Waals surface area contributed by atoms with E-state index < -0.39 is 12.5 Å². The van der Waals surface area contributed by atoms with Crippen molar-refractivity contribution >= 4 is 0 Å². The molecule has 1 aromatic rings. The minimum atomic E-state index is -2.44. The number of nitriles is 1. The second-order valence-corrected chi connectivity index (χ2v) is 3.46.